The molecule has 0 fully saturated rings. The van der Waals surface area contributed by atoms with Crippen molar-refractivity contribution in [2.24, 2.45) is 5.73 Å². The lowest BCUT2D eigenvalue weighted by Gasteiger charge is -2.11. The van der Waals surface area contributed by atoms with Crippen molar-refractivity contribution in [3.63, 3.8) is 0 Å². The Morgan fingerprint density at radius 1 is 1.36 bits per heavy atom. The van der Waals surface area contributed by atoms with Gasteiger partial charge in [0.15, 0.2) is 0 Å². The predicted molar refractivity (Wildman–Crippen MR) is 59.8 cm³/mol. The van der Waals surface area contributed by atoms with Gasteiger partial charge in [0, 0.05) is 6.54 Å². The van der Waals surface area contributed by atoms with Gasteiger partial charge in [-0.05, 0) is 30.0 Å². The quantitative estimate of drug-likeness (QED) is 0.797. The van der Waals surface area contributed by atoms with E-state index in [0.717, 1.165) is 5.75 Å². The summed E-state index contributed by atoms with van der Waals surface area (Å²) in [6, 6.07) is 6.35. The third kappa shape index (κ3) is 2.74. The van der Waals surface area contributed by atoms with Crippen LogP contribution in [-0.2, 0) is 0 Å². The van der Waals surface area contributed by atoms with E-state index in [9.17, 15) is 0 Å². The molecule has 0 bridgehead atoms. The molecule has 0 saturated carbocycles. The number of rotatable bonds is 4. The van der Waals surface area contributed by atoms with Crippen LogP contribution in [0, 0.1) is 6.92 Å². The number of hydrogen-bond donors (Lipinski definition) is 1. The molecule has 1 aromatic rings. The highest BCUT2D eigenvalue weighted by atomic mass is 16.5. The standard InChI is InChI=1S/C12H19NO/c1-9(2)11-5-4-10(3)12(8-11)14-7-6-13/h4-5,8-9H,6-7,13H2,1-3H3. The van der Waals surface area contributed by atoms with Crippen molar-refractivity contribution in [1.82, 2.24) is 0 Å². The Morgan fingerprint density at radius 2 is 2.07 bits per heavy atom. The second kappa shape index (κ2) is 5.01. The summed E-state index contributed by atoms with van der Waals surface area (Å²) in [6.45, 7) is 7.55. The van der Waals surface area contributed by atoms with E-state index in [1.807, 2.05) is 0 Å². The third-order valence-corrected chi connectivity index (χ3v) is 2.25. The van der Waals surface area contributed by atoms with E-state index in [1.54, 1.807) is 0 Å². The van der Waals surface area contributed by atoms with Crippen molar-refractivity contribution >= 4 is 0 Å². The van der Waals surface area contributed by atoms with Crippen molar-refractivity contribution in [3.05, 3.63) is 29.3 Å². The van der Waals surface area contributed by atoms with E-state index in [1.165, 1.54) is 11.1 Å². The maximum Gasteiger partial charge on any atom is 0.122 e. The van der Waals surface area contributed by atoms with E-state index in [-0.39, 0.29) is 0 Å². The summed E-state index contributed by atoms with van der Waals surface area (Å²) in [5, 5.41) is 0. The SMILES string of the molecule is Cc1ccc(C(C)C)cc1OCCN. The fourth-order valence-corrected chi connectivity index (χ4v) is 1.30. The smallest absolute Gasteiger partial charge is 0.122 e. The first-order chi connectivity index (χ1) is 6.65. The first-order valence-corrected chi connectivity index (χ1v) is 5.08. The van der Waals surface area contributed by atoms with E-state index < -0.39 is 0 Å². The van der Waals surface area contributed by atoms with Crippen LogP contribution in [0.4, 0.5) is 0 Å². The second-order valence-corrected chi connectivity index (χ2v) is 3.82. The Kier molecular flexibility index (Phi) is 3.96. The van der Waals surface area contributed by atoms with E-state index in [0.29, 0.717) is 19.1 Å². The fourth-order valence-electron chi connectivity index (χ4n) is 1.30. The van der Waals surface area contributed by atoms with E-state index >= 15 is 0 Å². The van der Waals surface area contributed by atoms with Gasteiger partial charge in [0.05, 0.1) is 0 Å². The molecule has 0 atom stereocenters. The average molecular weight is 193 g/mol. The zero-order valence-corrected chi connectivity index (χ0v) is 9.21. The molecule has 0 heterocycles. The summed E-state index contributed by atoms with van der Waals surface area (Å²) in [6.07, 6.45) is 0. The maximum atomic E-state index is 5.55. The molecule has 0 aliphatic rings. The number of aryl methyl sites for hydroxylation is 1. The predicted octanol–water partition coefficient (Wildman–Crippen LogP) is 2.46. The van der Waals surface area contributed by atoms with Crippen molar-refractivity contribution in [1.29, 1.82) is 0 Å². The van der Waals surface area contributed by atoms with Crippen LogP contribution >= 0.6 is 0 Å². The lowest BCUT2D eigenvalue weighted by molar-refractivity contribution is 0.325. The molecule has 2 nitrogen and oxygen atoms in total. The molecule has 2 N–H and O–H groups in total. The van der Waals surface area contributed by atoms with Gasteiger partial charge < -0.3 is 10.5 Å². The molecule has 0 aliphatic heterocycles. The lowest BCUT2D eigenvalue weighted by Crippen LogP contribution is -2.11. The highest BCUT2D eigenvalue weighted by Gasteiger charge is 2.03. The minimum Gasteiger partial charge on any atom is -0.492 e. The molecule has 0 unspecified atom stereocenters. The minimum atomic E-state index is 0.538. The zero-order chi connectivity index (χ0) is 10.6. The van der Waals surface area contributed by atoms with E-state index in [4.69, 9.17) is 10.5 Å². The number of hydrogen-bond acceptors (Lipinski definition) is 2. The van der Waals surface area contributed by atoms with Crippen LogP contribution in [0.15, 0.2) is 18.2 Å². The Hall–Kier alpha value is -1.02. The van der Waals surface area contributed by atoms with Gasteiger partial charge in [-0.25, -0.2) is 0 Å². The van der Waals surface area contributed by atoms with Gasteiger partial charge >= 0.3 is 0 Å². The summed E-state index contributed by atoms with van der Waals surface area (Å²) in [4.78, 5) is 0. The Balaban J connectivity index is 2.85. The molecule has 0 aliphatic carbocycles. The van der Waals surface area contributed by atoms with Crippen LogP contribution in [-0.4, -0.2) is 13.2 Å². The zero-order valence-electron chi connectivity index (χ0n) is 9.21. The van der Waals surface area contributed by atoms with Crippen LogP contribution < -0.4 is 10.5 Å². The van der Waals surface area contributed by atoms with Crippen molar-refractivity contribution in [3.8, 4) is 5.75 Å². The third-order valence-electron chi connectivity index (χ3n) is 2.25. The van der Waals surface area contributed by atoms with Gasteiger partial charge in [-0.15, -0.1) is 0 Å². The summed E-state index contributed by atoms with van der Waals surface area (Å²) in [5.41, 5.74) is 7.88. The molecule has 1 rings (SSSR count). The first kappa shape index (κ1) is 11.1. The fraction of sp³-hybridized carbons (Fsp3) is 0.500. The van der Waals surface area contributed by atoms with Gasteiger partial charge in [-0.1, -0.05) is 26.0 Å². The monoisotopic (exact) mass is 193 g/mol. The number of nitrogens with two attached hydrogens (primary N) is 1. The number of benzene rings is 1. The first-order valence-electron chi connectivity index (χ1n) is 5.08. The van der Waals surface area contributed by atoms with Gasteiger partial charge in [0.2, 0.25) is 0 Å². The summed E-state index contributed by atoms with van der Waals surface area (Å²) < 4.78 is 5.55. The molecule has 0 aromatic heterocycles. The molecule has 0 radical (unpaired) electrons. The van der Waals surface area contributed by atoms with Gasteiger partial charge in [0.25, 0.3) is 0 Å². The average Bonchev–Trinajstić information content (AvgIpc) is 2.16. The molecule has 78 valence electrons. The molecular weight excluding hydrogens is 174 g/mol. The van der Waals surface area contributed by atoms with Crippen LogP contribution in [0.3, 0.4) is 0 Å². The van der Waals surface area contributed by atoms with Crippen LogP contribution in [0.5, 0.6) is 5.75 Å². The summed E-state index contributed by atoms with van der Waals surface area (Å²) in [5.74, 6) is 1.50. The maximum absolute atomic E-state index is 5.55. The van der Waals surface area contributed by atoms with Crippen molar-refractivity contribution in [2.45, 2.75) is 26.7 Å². The molecule has 2 heteroatoms. The van der Waals surface area contributed by atoms with Gasteiger partial charge in [-0.2, -0.15) is 0 Å². The minimum absolute atomic E-state index is 0.538. The van der Waals surface area contributed by atoms with E-state index in [2.05, 4.69) is 39.0 Å². The molecule has 1 aromatic carbocycles. The van der Waals surface area contributed by atoms with Crippen LogP contribution in [0.25, 0.3) is 0 Å². The lowest BCUT2D eigenvalue weighted by atomic mass is 10.0. The number of ether oxygens (including phenoxy) is 1. The molecule has 0 saturated heterocycles. The van der Waals surface area contributed by atoms with Crippen molar-refractivity contribution in [2.75, 3.05) is 13.2 Å². The highest BCUT2D eigenvalue weighted by Crippen LogP contribution is 2.23. The van der Waals surface area contributed by atoms with Crippen LogP contribution in [0.2, 0.25) is 0 Å². The van der Waals surface area contributed by atoms with Gasteiger partial charge in [0.1, 0.15) is 12.4 Å². The molecule has 0 amide bonds. The molecule has 0 spiro atoms. The van der Waals surface area contributed by atoms with Crippen LogP contribution in [0.1, 0.15) is 30.9 Å². The normalized spacial score (nSPS) is 10.6. The Labute approximate surface area is 86.1 Å². The highest BCUT2D eigenvalue weighted by molar-refractivity contribution is 5.37. The van der Waals surface area contributed by atoms with Gasteiger partial charge in [-0.3, -0.25) is 0 Å². The summed E-state index contributed by atoms with van der Waals surface area (Å²) in [7, 11) is 0. The molecule has 14 heavy (non-hydrogen) atoms. The Morgan fingerprint density at radius 3 is 2.64 bits per heavy atom. The summed E-state index contributed by atoms with van der Waals surface area (Å²) >= 11 is 0. The largest absolute Gasteiger partial charge is 0.492 e. The second-order valence-electron chi connectivity index (χ2n) is 3.82. The Bertz CT molecular complexity index is 294. The topological polar surface area (TPSA) is 35.2 Å². The molecular formula is C12H19NO. The van der Waals surface area contributed by atoms with Crippen molar-refractivity contribution < 1.29 is 4.74 Å².